The van der Waals surface area contributed by atoms with E-state index in [9.17, 15) is 9.59 Å². The van der Waals surface area contributed by atoms with E-state index >= 15 is 0 Å². The molecule has 0 spiro atoms. The lowest BCUT2D eigenvalue weighted by Gasteiger charge is -2.15. The molecule has 0 saturated carbocycles. The van der Waals surface area contributed by atoms with Gasteiger partial charge < -0.3 is 14.0 Å². The van der Waals surface area contributed by atoms with Crippen molar-refractivity contribution in [1.29, 1.82) is 0 Å². The van der Waals surface area contributed by atoms with Crippen LogP contribution >= 0.6 is 0 Å². The van der Waals surface area contributed by atoms with Crippen molar-refractivity contribution in [2.75, 3.05) is 6.61 Å². The predicted molar refractivity (Wildman–Crippen MR) is 89.9 cm³/mol. The molecule has 0 radical (unpaired) electrons. The summed E-state index contributed by atoms with van der Waals surface area (Å²) in [6.07, 6.45) is 2.45. The van der Waals surface area contributed by atoms with E-state index in [4.69, 9.17) is 9.47 Å². The van der Waals surface area contributed by atoms with E-state index in [1.807, 2.05) is 32.9 Å². The molecule has 1 aromatic heterocycles. The number of carbonyl (C=O) groups excluding carboxylic acids is 1. The van der Waals surface area contributed by atoms with Crippen LogP contribution in [0.1, 0.15) is 40.2 Å². The smallest absolute Gasteiger partial charge is 0.328 e. The number of fused-ring (bicyclic) bond motifs is 1. The molecule has 5 heteroatoms. The molecule has 0 aliphatic carbocycles. The number of hydrogen-bond acceptors (Lipinski definition) is 4. The molecule has 1 unspecified atom stereocenters. The minimum Gasteiger partial charge on any atom is -0.491 e. The van der Waals surface area contributed by atoms with Gasteiger partial charge in [0.2, 0.25) is 0 Å². The highest BCUT2D eigenvalue weighted by molar-refractivity contribution is 5.83. The first kappa shape index (κ1) is 17.1. The molecule has 5 nitrogen and oxygen atoms in total. The first-order chi connectivity index (χ1) is 10.9. The Bertz CT molecular complexity index is 748. The lowest BCUT2D eigenvalue weighted by Crippen LogP contribution is -2.29. The molecule has 0 bridgehead atoms. The van der Waals surface area contributed by atoms with E-state index in [1.165, 1.54) is 4.57 Å². The number of esters is 1. The third-order valence-electron chi connectivity index (χ3n) is 3.48. The van der Waals surface area contributed by atoms with Crippen LogP contribution in [0.4, 0.5) is 0 Å². The van der Waals surface area contributed by atoms with Gasteiger partial charge in [-0.1, -0.05) is 6.92 Å². The molecule has 0 aliphatic heterocycles. The Kier molecular flexibility index (Phi) is 5.42. The maximum atomic E-state index is 12.6. The fourth-order valence-electron chi connectivity index (χ4n) is 2.33. The third-order valence-corrected chi connectivity index (χ3v) is 3.48. The summed E-state index contributed by atoms with van der Waals surface area (Å²) >= 11 is 0. The van der Waals surface area contributed by atoms with Crippen molar-refractivity contribution < 1.29 is 14.3 Å². The maximum absolute atomic E-state index is 12.6. The Balaban J connectivity index is 2.35. The second-order valence-electron chi connectivity index (χ2n) is 5.79. The van der Waals surface area contributed by atoms with Crippen LogP contribution in [0.2, 0.25) is 0 Å². The Hall–Kier alpha value is -2.30. The Labute approximate surface area is 135 Å². The van der Waals surface area contributed by atoms with Crippen molar-refractivity contribution in [3.63, 3.8) is 0 Å². The summed E-state index contributed by atoms with van der Waals surface area (Å²) in [6, 6.07) is 6.50. The zero-order valence-corrected chi connectivity index (χ0v) is 14.0. The van der Waals surface area contributed by atoms with Crippen LogP contribution < -0.4 is 10.3 Å². The topological polar surface area (TPSA) is 57.5 Å². The van der Waals surface area contributed by atoms with Gasteiger partial charge >= 0.3 is 5.97 Å². The van der Waals surface area contributed by atoms with Gasteiger partial charge in [0.1, 0.15) is 11.8 Å². The van der Waals surface area contributed by atoms with Crippen molar-refractivity contribution in [1.82, 2.24) is 4.57 Å². The largest absolute Gasteiger partial charge is 0.491 e. The van der Waals surface area contributed by atoms with Gasteiger partial charge in [0, 0.05) is 11.6 Å². The minimum atomic E-state index is -0.648. The molecule has 124 valence electrons. The van der Waals surface area contributed by atoms with Crippen molar-refractivity contribution >= 4 is 16.7 Å². The van der Waals surface area contributed by atoms with E-state index in [0.717, 1.165) is 17.6 Å². The molecule has 2 aromatic rings. The molecule has 1 aromatic carbocycles. The molecule has 1 heterocycles. The Morgan fingerprint density at radius 1 is 1.22 bits per heavy atom. The lowest BCUT2D eigenvalue weighted by atomic mass is 10.1. The van der Waals surface area contributed by atoms with Crippen LogP contribution in [0.3, 0.4) is 0 Å². The van der Waals surface area contributed by atoms with Gasteiger partial charge in [-0.3, -0.25) is 4.79 Å². The van der Waals surface area contributed by atoms with E-state index < -0.39 is 12.0 Å². The number of carbonyl (C=O) groups is 1. The van der Waals surface area contributed by atoms with Crippen LogP contribution in [0.5, 0.6) is 5.75 Å². The highest BCUT2D eigenvalue weighted by atomic mass is 16.5. The summed E-state index contributed by atoms with van der Waals surface area (Å²) in [6.45, 7) is 7.86. The average molecular weight is 317 g/mol. The maximum Gasteiger partial charge on any atom is 0.328 e. The van der Waals surface area contributed by atoms with E-state index in [0.29, 0.717) is 12.0 Å². The van der Waals surface area contributed by atoms with Crippen LogP contribution in [0.25, 0.3) is 10.8 Å². The zero-order valence-electron chi connectivity index (χ0n) is 14.0. The molecule has 2 rings (SSSR count). The number of pyridine rings is 1. The van der Waals surface area contributed by atoms with Crippen LogP contribution in [-0.2, 0) is 9.53 Å². The van der Waals surface area contributed by atoms with Crippen molar-refractivity contribution in [2.45, 2.75) is 46.3 Å². The van der Waals surface area contributed by atoms with Gasteiger partial charge in [-0.2, -0.15) is 0 Å². The molecular formula is C18H23NO4. The number of ether oxygens (including phenoxy) is 2. The quantitative estimate of drug-likeness (QED) is 0.767. The Morgan fingerprint density at radius 3 is 2.61 bits per heavy atom. The van der Waals surface area contributed by atoms with Gasteiger partial charge in [0.25, 0.3) is 5.56 Å². The fourth-order valence-corrected chi connectivity index (χ4v) is 2.33. The number of nitrogens with zero attached hydrogens (tertiary/aromatic N) is 1. The molecular weight excluding hydrogens is 294 g/mol. The van der Waals surface area contributed by atoms with E-state index in [2.05, 4.69) is 0 Å². The van der Waals surface area contributed by atoms with E-state index in [-0.39, 0.29) is 11.7 Å². The van der Waals surface area contributed by atoms with E-state index in [1.54, 1.807) is 25.3 Å². The van der Waals surface area contributed by atoms with Crippen molar-refractivity contribution in [2.24, 2.45) is 0 Å². The molecule has 0 amide bonds. The Morgan fingerprint density at radius 2 is 1.96 bits per heavy atom. The summed E-state index contributed by atoms with van der Waals surface area (Å²) in [4.78, 5) is 24.6. The number of benzene rings is 1. The van der Waals surface area contributed by atoms with Crippen LogP contribution in [0.15, 0.2) is 35.3 Å². The number of aromatic nitrogens is 1. The molecule has 23 heavy (non-hydrogen) atoms. The van der Waals surface area contributed by atoms with Crippen molar-refractivity contribution in [3.8, 4) is 5.75 Å². The first-order valence-electron chi connectivity index (χ1n) is 7.92. The van der Waals surface area contributed by atoms with Gasteiger partial charge in [-0.05, 0) is 56.8 Å². The normalized spacial score (nSPS) is 12.4. The van der Waals surface area contributed by atoms with Crippen molar-refractivity contribution in [3.05, 3.63) is 40.8 Å². The average Bonchev–Trinajstić information content (AvgIpc) is 2.51. The fraction of sp³-hybridized carbons (Fsp3) is 0.444. The van der Waals surface area contributed by atoms with Crippen LogP contribution in [0, 0.1) is 0 Å². The van der Waals surface area contributed by atoms with Gasteiger partial charge in [-0.15, -0.1) is 0 Å². The predicted octanol–water partition coefficient (Wildman–Crippen LogP) is 3.30. The summed E-state index contributed by atoms with van der Waals surface area (Å²) in [5.41, 5.74) is -0.209. The highest BCUT2D eigenvalue weighted by Gasteiger charge is 2.18. The molecule has 1 atom stereocenters. The number of hydrogen-bond donors (Lipinski definition) is 0. The molecule has 0 aliphatic rings. The minimum absolute atomic E-state index is 0.0705. The molecule has 0 saturated heterocycles. The highest BCUT2D eigenvalue weighted by Crippen LogP contribution is 2.20. The summed E-state index contributed by atoms with van der Waals surface area (Å²) in [5, 5.41) is 1.34. The standard InChI is InChI=1S/C18H23NO4/c1-5-10-22-18(21)13(4)19-9-8-14-11-15(23-12(2)3)6-7-16(14)17(19)20/h6-9,11-13H,5,10H2,1-4H3. The summed E-state index contributed by atoms with van der Waals surface area (Å²) in [5.74, 6) is 0.327. The second-order valence-corrected chi connectivity index (χ2v) is 5.79. The second kappa shape index (κ2) is 7.31. The third kappa shape index (κ3) is 3.92. The lowest BCUT2D eigenvalue weighted by molar-refractivity contribution is -0.147. The monoisotopic (exact) mass is 317 g/mol. The van der Waals surface area contributed by atoms with Crippen LogP contribution in [-0.4, -0.2) is 23.2 Å². The SMILES string of the molecule is CCCOC(=O)C(C)n1ccc2cc(OC(C)C)ccc2c1=O. The number of rotatable bonds is 6. The summed E-state index contributed by atoms with van der Waals surface area (Å²) < 4.78 is 12.2. The first-order valence-corrected chi connectivity index (χ1v) is 7.92. The van der Waals surface area contributed by atoms with Gasteiger partial charge in [0.05, 0.1) is 12.7 Å². The molecule has 0 fully saturated rings. The molecule has 0 N–H and O–H groups in total. The van der Waals surface area contributed by atoms with Gasteiger partial charge in [0.15, 0.2) is 0 Å². The summed E-state index contributed by atoms with van der Waals surface area (Å²) in [7, 11) is 0. The van der Waals surface area contributed by atoms with Gasteiger partial charge in [-0.25, -0.2) is 4.79 Å². The zero-order chi connectivity index (χ0) is 17.0.